The summed E-state index contributed by atoms with van der Waals surface area (Å²) in [5, 5.41) is 7.72. The Morgan fingerprint density at radius 3 is 2.59 bits per heavy atom. The molecule has 0 bridgehead atoms. The summed E-state index contributed by atoms with van der Waals surface area (Å²) in [7, 11) is 1.53. The summed E-state index contributed by atoms with van der Waals surface area (Å²) in [6.07, 6.45) is 2.32. The molecule has 13 heteroatoms. The van der Waals surface area contributed by atoms with Crippen LogP contribution in [0.3, 0.4) is 0 Å². The number of nitrogens with two attached hydrogens (primary N) is 1. The molecule has 0 radical (unpaired) electrons. The Labute approximate surface area is 215 Å². The number of nitrogens with one attached hydrogen (secondary N) is 1. The Morgan fingerprint density at radius 1 is 1.03 bits per heavy atom. The van der Waals surface area contributed by atoms with E-state index in [1.54, 1.807) is 0 Å². The number of morpholine rings is 1. The number of methoxy groups -OCH3 is 1. The molecule has 0 unspecified atom stereocenters. The summed E-state index contributed by atoms with van der Waals surface area (Å²) in [5.41, 5.74) is 8.19. The van der Waals surface area contributed by atoms with E-state index in [0.717, 1.165) is 56.5 Å². The van der Waals surface area contributed by atoms with Gasteiger partial charge in [-0.2, -0.15) is 9.67 Å². The molecule has 1 aromatic carbocycles. The number of ether oxygens (including phenoxy) is 2. The predicted octanol–water partition coefficient (Wildman–Crippen LogP) is 0.905. The van der Waals surface area contributed by atoms with Crippen molar-refractivity contribution >= 4 is 35.0 Å². The van der Waals surface area contributed by atoms with Crippen molar-refractivity contribution in [3.8, 4) is 5.82 Å². The summed E-state index contributed by atoms with van der Waals surface area (Å²) < 4.78 is 11.9. The maximum absolute atomic E-state index is 12.2. The van der Waals surface area contributed by atoms with Gasteiger partial charge in [-0.1, -0.05) is 0 Å². The smallest absolute Gasteiger partial charge is 0.248 e. The van der Waals surface area contributed by atoms with Crippen LogP contribution in [0.2, 0.25) is 0 Å². The van der Waals surface area contributed by atoms with E-state index in [0.29, 0.717) is 31.4 Å². The second-order valence-electron chi connectivity index (χ2n) is 8.87. The van der Waals surface area contributed by atoms with Gasteiger partial charge in [0.1, 0.15) is 18.8 Å². The van der Waals surface area contributed by atoms with Gasteiger partial charge in [0.05, 0.1) is 13.2 Å². The number of hydrogen-bond acceptors (Lipinski definition) is 11. The van der Waals surface area contributed by atoms with Gasteiger partial charge < -0.3 is 35.2 Å². The Kier molecular flexibility index (Phi) is 7.61. The van der Waals surface area contributed by atoms with Crippen molar-refractivity contribution in [3.05, 3.63) is 36.7 Å². The zero-order valence-corrected chi connectivity index (χ0v) is 20.9. The molecule has 5 rings (SSSR count). The third-order valence-corrected chi connectivity index (χ3v) is 6.43. The maximum Gasteiger partial charge on any atom is 0.248 e. The van der Waals surface area contributed by atoms with Gasteiger partial charge in [-0.25, -0.2) is 9.97 Å². The molecule has 13 nitrogen and oxygen atoms in total. The lowest BCUT2D eigenvalue weighted by Gasteiger charge is -2.28. The Bertz CT molecular complexity index is 1200. The molecule has 0 aliphatic carbocycles. The normalized spacial score (nSPS) is 16.5. The van der Waals surface area contributed by atoms with Crippen LogP contribution in [0.1, 0.15) is 6.42 Å². The molecule has 0 atom stereocenters. The summed E-state index contributed by atoms with van der Waals surface area (Å²) in [4.78, 5) is 31.6. The summed E-state index contributed by atoms with van der Waals surface area (Å²) in [6, 6.07) is 9.94. The topological polar surface area (TPSA) is 140 Å². The zero-order valence-electron chi connectivity index (χ0n) is 20.9. The zero-order chi connectivity index (χ0) is 25.6. The minimum Gasteiger partial charge on any atom is -0.378 e. The first-order chi connectivity index (χ1) is 18.1. The summed E-state index contributed by atoms with van der Waals surface area (Å²) >= 11 is 0. The monoisotopic (exact) mass is 508 g/mol. The number of carbonyl (C=O) groups excluding carboxylic acids is 1. The summed E-state index contributed by atoms with van der Waals surface area (Å²) in [5.74, 6) is 1.85. The summed E-state index contributed by atoms with van der Waals surface area (Å²) in [6.45, 7) is 6.08. The van der Waals surface area contributed by atoms with Crippen LogP contribution >= 0.6 is 0 Å². The molecule has 2 fully saturated rings. The fourth-order valence-electron chi connectivity index (χ4n) is 4.49. The van der Waals surface area contributed by atoms with E-state index in [4.69, 9.17) is 15.2 Å². The molecule has 4 heterocycles. The van der Waals surface area contributed by atoms with Crippen LogP contribution in [0.5, 0.6) is 0 Å². The van der Waals surface area contributed by atoms with Crippen LogP contribution in [0.15, 0.2) is 36.7 Å². The number of benzene rings is 1. The molecule has 196 valence electrons. The quantitative estimate of drug-likeness (QED) is 0.470. The minimum atomic E-state index is -0.00104. The predicted molar refractivity (Wildman–Crippen MR) is 139 cm³/mol. The van der Waals surface area contributed by atoms with Crippen LogP contribution in [0.25, 0.3) is 5.82 Å². The van der Waals surface area contributed by atoms with E-state index in [1.165, 1.54) is 18.1 Å². The second-order valence-corrected chi connectivity index (χ2v) is 8.87. The van der Waals surface area contributed by atoms with Gasteiger partial charge in [0.25, 0.3) is 0 Å². The molecule has 3 N–H and O–H groups in total. The van der Waals surface area contributed by atoms with Gasteiger partial charge in [0.2, 0.25) is 17.8 Å². The highest BCUT2D eigenvalue weighted by atomic mass is 16.5. The van der Waals surface area contributed by atoms with Crippen LogP contribution < -0.4 is 20.9 Å². The average Bonchev–Trinajstić information content (AvgIpc) is 3.12. The van der Waals surface area contributed by atoms with Crippen molar-refractivity contribution < 1.29 is 14.3 Å². The van der Waals surface area contributed by atoms with E-state index >= 15 is 0 Å². The largest absolute Gasteiger partial charge is 0.378 e. The molecular formula is C24H32N10O3. The molecule has 2 saturated heterocycles. The number of amides is 1. The van der Waals surface area contributed by atoms with Crippen LogP contribution in [-0.2, 0) is 14.3 Å². The molecule has 0 saturated carbocycles. The minimum absolute atomic E-state index is 0.00104. The Morgan fingerprint density at radius 2 is 1.81 bits per heavy atom. The Balaban J connectivity index is 1.26. The molecule has 2 aromatic heterocycles. The number of nitrogens with zero attached hydrogens (tertiary/aromatic N) is 8. The third kappa shape index (κ3) is 5.89. The van der Waals surface area contributed by atoms with Crippen molar-refractivity contribution in [1.82, 2.24) is 29.6 Å². The van der Waals surface area contributed by atoms with E-state index in [1.807, 2.05) is 23.1 Å². The fraction of sp³-hybridized carbons (Fsp3) is 0.458. The van der Waals surface area contributed by atoms with Gasteiger partial charge in [-0.05, 0) is 30.7 Å². The van der Waals surface area contributed by atoms with Gasteiger partial charge in [0, 0.05) is 63.8 Å². The van der Waals surface area contributed by atoms with E-state index in [2.05, 4.69) is 47.3 Å². The SMILES string of the molecule is COCC(=O)N1CCCN(c2cc(-n3nc(Nc4ccc(N5CCOCC5)cc4)nc3N)ncn2)CC1. The second kappa shape index (κ2) is 11.4. The molecule has 0 spiro atoms. The van der Waals surface area contributed by atoms with Crippen LogP contribution in [0.4, 0.5) is 29.1 Å². The lowest BCUT2D eigenvalue weighted by molar-refractivity contribution is -0.134. The van der Waals surface area contributed by atoms with Crippen molar-refractivity contribution in [2.45, 2.75) is 6.42 Å². The lowest BCUT2D eigenvalue weighted by atomic mass is 10.2. The van der Waals surface area contributed by atoms with Gasteiger partial charge in [-0.15, -0.1) is 5.10 Å². The maximum atomic E-state index is 12.2. The molecule has 2 aliphatic heterocycles. The van der Waals surface area contributed by atoms with Crippen LogP contribution in [0, 0.1) is 0 Å². The number of carbonyl (C=O) groups is 1. The van der Waals surface area contributed by atoms with E-state index in [-0.39, 0.29) is 18.5 Å². The van der Waals surface area contributed by atoms with Crippen molar-refractivity contribution in [2.75, 3.05) is 87.0 Å². The first kappa shape index (κ1) is 24.7. The number of aromatic nitrogens is 5. The van der Waals surface area contributed by atoms with Crippen LogP contribution in [-0.4, -0.2) is 102 Å². The molecular weight excluding hydrogens is 476 g/mol. The van der Waals surface area contributed by atoms with E-state index < -0.39 is 0 Å². The number of nitrogen functional groups attached to an aromatic ring is 1. The first-order valence-corrected chi connectivity index (χ1v) is 12.4. The highest BCUT2D eigenvalue weighted by Gasteiger charge is 2.21. The Hall–Kier alpha value is -3.97. The highest BCUT2D eigenvalue weighted by molar-refractivity contribution is 5.77. The fourth-order valence-corrected chi connectivity index (χ4v) is 4.49. The number of hydrogen-bond donors (Lipinski definition) is 2. The highest BCUT2D eigenvalue weighted by Crippen LogP contribution is 2.23. The van der Waals surface area contributed by atoms with Crippen molar-refractivity contribution in [3.63, 3.8) is 0 Å². The van der Waals surface area contributed by atoms with Crippen molar-refractivity contribution in [2.24, 2.45) is 0 Å². The average molecular weight is 509 g/mol. The number of rotatable bonds is 7. The third-order valence-electron chi connectivity index (χ3n) is 6.43. The van der Waals surface area contributed by atoms with Crippen molar-refractivity contribution in [1.29, 1.82) is 0 Å². The lowest BCUT2D eigenvalue weighted by Crippen LogP contribution is -2.37. The molecule has 37 heavy (non-hydrogen) atoms. The number of anilines is 5. The first-order valence-electron chi connectivity index (χ1n) is 12.4. The van der Waals surface area contributed by atoms with Gasteiger partial charge >= 0.3 is 0 Å². The van der Waals surface area contributed by atoms with E-state index in [9.17, 15) is 4.79 Å². The molecule has 2 aliphatic rings. The van der Waals surface area contributed by atoms with Gasteiger partial charge in [0.15, 0.2) is 5.82 Å². The molecule has 1 amide bonds. The molecule has 3 aromatic rings. The van der Waals surface area contributed by atoms with Gasteiger partial charge in [-0.3, -0.25) is 4.79 Å². The standard InChI is InChI=1S/C24H32N10O3/c1-36-16-22(35)33-8-2-7-32(9-10-33)20-15-21(27-17-26-20)34-23(25)29-24(30-34)28-18-3-5-19(6-4-18)31-11-13-37-14-12-31/h3-6,15,17H,2,7-14,16H2,1H3,(H3,25,28,29,30).